The first-order chi connectivity index (χ1) is 1.91. The Morgan fingerprint density at radius 2 is 2.25 bits per heavy atom. The molecule has 0 atom stereocenters. The maximum Gasteiger partial charge on any atom is 0.342 e. The molecular formula is C2H6AlBr. The minimum atomic E-state index is 0.237. The highest BCUT2D eigenvalue weighted by Crippen LogP contribution is 1.77. The van der Waals surface area contributed by atoms with Crippen LogP contribution in [0.15, 0.2) is 0 Å². The Morgan fingerprint density at radius 3 is 2.25 bits per heavy atom. The lowest BCUT2D eigenvalue weighted by Gasteiger charge is -1.59. The molecule has 0 bridgehead atoms. The Balaban J connectivity index is 1.97. The molecule has 0 fully saturated rings. The third-order valence-corrected chi connectivity index (χ3v) is 2.95. The quantitative estimate of drug-likeness (QED) is 0.476. The van der Waals surface area contributed by atoms with Gasteiger partial charge in [-0.05, 0) is 0 Å². The Kier molecular flexibility index (Phi) is 5.03. The van der Waals surface area contributed by atoms with Gasteiger partial charge in [-0.15, -0.1) is 0 Å². The van der Waals surface area contributed by atoms with Gasteiger partial charge in [-0.3, -0.25) is 0 Å². The summed E-state index contributed by atoms with van der Waals surface area (Å²) in [5, 5.41) is 1.38. The van der Waals surface area contributed by atoms with Crippen LogP contribution in [0.3, 0.4) is 0 Å². The Morgan fingerprint density at radius 1 is 2.00 bits per heavy atom. The molecule has 0 aromatic heterocycles. The average Bonchev–Trinajstić information content (AvgIpc) is 1.37. The van der Waals surface area contributed by atoms with Gasteiger partial charge in [0.05, 0.1) is 0 Å². The molecule has 0 aliphatic rings. The van der Waals surface area contributed by atoms with Crippen molar-refractivity contribution in [1.29, 1.82) is 0 Å². The molecule has 24 valence electrons. The lowest BCUT2D eigenvalue weighted by Crippen LogP contribution is -1.60. The van der Waals surface area contributed by atoms with Crippen molar-refractivity contribution in [2.45, 2.75) is 12.2 Å². The first-order valence-corrected chi connectivity index (χ1v) is 6.37. The molecule has 0 aliphatic carbocycles. The first kappa shape index (κ1) is 5.01. The normalized spacial score (nSPS) is 6.50. The lowest BCUT2D eigenvalue weighted by molar-refractivity contribution is 1.48. The summed E-state index contributed by atoms with van der Waals surface area (Å²) < 4.78 is 0. The van der Waals surface area contributed by atoms with Gasteiger partial charge in [0, 0.05) is 0 Å². The van der Waals surface area contributed by atoms with Crippen molar-refractivity contribution in [3.8, 4) is 0 Å². The highest BCUT2D eigenvalue weighted by molar-refractivity contribution is 9.23. The maximum atomic E-state index is 3.39. The van der Waals surface area contributed by atoms with Crippen LogP contribution in [0.1, 0.15) is 6.92 Å². The smallest absolute Gasteiger partial charge is 0.223 e. The molecule has 4 heavy (non-hydrogen) atoms. The minimum absolute atomic E-state index is 0.237. The van der Waals surface area contributed by atoms with Gasteiger partial charge in [0.25, 0.3) is 0 Å². The van der Waals surface area contributed by atoms with Gasteiger partial charge in [0.2, 0.25) is 0 Å². The zero-order chi connectivity index (χ0) is 3.41. The van der Waals surface area contributed by atoms with Crippen molar-refractivity contribution in [3.05, 3.63) is 0 Å². The van der Waals surface area contributed by atoms with Gasteiger partial charge in [-0.1, -0.05) is 12.2 Å². The van der Waals surface area contributed by atoms with Crippen molar-refractivity contribution in [2.75, 3.05) is 0 Å². The molecule has 0 nitrogen and oxygen atoms in total. The highest BCUT2D eigenvalue weighted by atomic mass is 79.9. The second-order valence-electron chi connectivity index (χ2n) is 0.689. The van der Waals surface area contributed by atoms with E-state index in [1.54, 1.807) is 0 Å². The van der Waals surface area contributed by atoms with Crippen LogP contribution in [0.2, 0.25) is 5.28 Å². The molecule has 0 aromatic carbocycles. The van der Waals surface area contributed by atoms with Crippen LogP contribution in [0.25, 0.3) is 0 Å². The maximum absolute atomic E-state index is 3.39. The zero-order valence-electron chi connectivity index (χ0n) is 2.79. The lowest BCUT2D eigenvalue weighted by atomic mass is 11.0. The number of rotatable bonds is 1. The fourth-order valence-electron chi connectivity index (χ4n) is 0. The van der Waals surface area contributed by atoms with Crippen LogP contribution in [-0.4, -0.2) is 13.4 Å². The molecule has 2 heteroatoms. The molecule has 0 rings (SSSR count). The molecule has 0 radical (unpaired) electrons. The molecule has 0 unspecified atom stereocenters. The van der Waals surface area contributed by atoms with Gasteiger partial charge < -0.3 is 0 Å². The van der Waals surface area contributed by atoms with Crippen molar-refractivity contribution >= 4 is 27.4 Å². The standard InChI is InChI=1S/C2H5.Al.BrH.H/c1-2;;;/h1H2,2H3;;1H;/q;+1;;/p-1. The topological polar surface area (TPSA) is 0 Å². The molecule has 0 amide bonds. The Labute approximate surface area is 40.0 Å². The van der Waals surface area contributed by atoms with Crippen molar-refractivity contribution in [3.63, 3.8) is 0 Å². The van der Waals surface area contributed by atoms with Gasteiger partial charge in [0.1, 0.15) is 0 Å². The van der Waals surface area contributed by atoms with E-state index in [0.29, 0.717) is 0 Å². The summed E-state index contributed by atoms with van der Waals surface area (Å²) in [6, 6.07) is 0. The van der Waals surface area contributed by atoms with Crippen molar-refractivity contribution < 1.29 is 0 Å². The second-order valence-corrected chi connectivity index (χ2v) is 4.45. The average molecular weight is 137 g/mol. The summed E-state index contributed by atoms with van der Waals surface area (Å²) in [5.74, 6) is 0. The van der Waals surface area contributed by atoms with E-state index in [-0.39, 0.29) is 13.4 Å². The van der Waals surface area contributed by atoms with E-state index in [1.165, 1.54) is 5.28 Å². The third kappa shape index (κ3) is 3.01. The summed E-state index contributed by atoms with van der Waals surface area (Å²) in [6.07, 6.45) is 0. The fraction of sp³-hybridized carbons (Fsp3) is 1.00. The van der Waals surface area contributed by atoms with Crippen LogP contribution < -0.4 is 0 Å². The van der Waals surface area contributed by atoms with Gasteiger partial charge in [0.15, 0.2) is 0 Å². The van der Waals surface area contributed by atoms with Crippen LogP contribution >= 0.6 is 14.1 Å². The van der Waals surface area contributed by atoms with Crippen LogP contribution in [0, 0.1) is 0 Å². The Hall–Kier alpha value is 1.01. The predicted octanol–water partition coefficient (Wildman–Crippen LogP) is 1.17. The summed E-state index contributed by atoms with van der Waals surface area (Å²) in [7, 11) is 0. The van der Waals surface area contributed by atoms with Crippen molar-refractivity contribution in [2.24, 2.45) is 0 Å². The first-order valence-electron chi connectivity index (χ1n) is 1.47. The number of hydrogen-bond acceptors (Lipinski definition) is 0. The molecule has 0 saturated carbocycles. The van der Waals surface area contributed by atoms with E-state index in [4.69, 9.17) is 0 Å². The van der Waals surface area contributed by atoms with E-state index >= 15 is 0 Å². The second kappa shape index (κ2) is 4.01. The summed E-state index contributed by atoms with van der Waals surface area (Å²) in [4.78, 5) is 0. The summed E-state index contributed by atoms with van der Waals surface area (Å²) in [6.45, 7) is 2.20. The summed E-state index contributed by atoms with van der Waals surface area (Å²) in [5.41, 5.74) is 0. The van der Waals surface area contributed by atoms with Crippen LogP contribution in [-0.2, 0) is 0 Å². The highest BCUT2D eigenvalue weighted by Gasteiger charge is 1.69. The predicted molar refractivity (Wildman–Crippen MR) is 26.6 cm³/mol. The van der Waals surface area contributed by atoms with Crippen LogP contribution in [0.5, 0.6) is 0 Å². The van der Waals surface area contributed by atoms with Gasteiger partial charge in [-0.2, -0.15) is 0 Å². The zero-order valence-corrected chi connectivity index (χ0v) is 5.79. The Bertz CT molecular complexity index is 8.00. The molecular weight excluding hydrogens is 131 g/mol. The molecule has 0 aliphatic heterocycles. The third-order valence-electron chi connectivity index (χ3n) is 0.189. The largest absolute Gasteiger partial charge is 0.342 e. The van der Waals surface area contributed by atoms with Gasteiger partial charge in [-0.25, -0.2) is 14.1 Å². The molecule has 0 heterocycles. The molecule has 0 saturated heterocycles. The number of hydrogen-bond donors (Lipinski definition) is 0. The summed E-state index contributed by atoms with van der Waals surface area (Å²) >= 11 is 3.62. The molecule has 0 aromatic rings. The van der Waals surface area contributed by atoms with Gasteiger partial charge >= 0.3 is 13.4 Å². The van der Waals surface area contributed by atoms with E-state index in [1.807, 2.05) is 0 Å². The molecule has 0 spiro atoms. The SMILES string of the molecule is C[CH2][AlH][Br]. The van der Waals surface area contributed by atoms with Crippen LogP contribution in [0.4, 0.5) is 0 Å². The minimum Gasteiger partial charge on any atom is -0.223 e. The van der Waals surface area contributed by atoms with E-state index in [2.05, 4.69) is 21.0 Å². The van der Waals surface area contributed by atoms with E-state index in [0.717, 1.165) is 0 Å². The monoisotopic (exact) mass is 136 g/mol. The fourth-order valence-corrected chi connectivity index (χ4v) is 0. The molecule has 0 N–H and O–H groups in total. The van der Waals surface area contributed by atoms with E-state index in [9.17, 15) is 0 Å². The van der Waals surface area contributed by atoms with E-state index < -0.39 is 0 Å². The number of halogens is 1. The van der Waals surface area contributed by atoms with Crippen molar-refractivity contribution in [1.82, 2.24) is 0 Å².